The van der Waals surface area contributed by atoms with Crippen LogP contribution in [0.15, 0.2) is 108 Å². The lowest BCUT2D eigenvalue weighted by atomic mass is 10.0. The van der Waals surface area contributed by atoms with Crippen molar-refractivity contribution in [1.82, 2.24) is 10.2 Å². The molecule has 0 radical (unpaired) electrons. The van der Waals surface area contributed by atoms with Gasteiger partial charge in [-0.15, -0.1) is 0 Å². The lowest BCUT2D eigenvalue weighted by Gasteiger charge is -2.35. The Hall–Kier alpha value is -3.85. The topological polar surface area (TPSA) is 86.8 Å². The predicted octanol–water partition coefficient (Wildman–Crippen LogP) is 7.05. The van der Waals surface area contributed by atoms with Gasteiger partial charge in [-0.2, -0.15) is 0 Å². The first-order valence-electron chi connectivity index (χ1n) is 14.5. The molecule has 0 unspecified atom stereocenters. The molecule has 45 heavy (non-hydrogen) atoms. The molecule has 0 saturated carbocycles. The number of nitrogens with one attached hydrogen (secondary N) is 1. The lowest BCUT2D eigenvalue weighted by molar-refractivity contribution is -0.140. The summed E-state index contributed by atoms with van der Waals surface area (Å²) in [4.78, 5) is 29.9. The van der Waals surface area contributed by atoms with Crippen LogP contribution in [0.1, 0.15) is 37.5 Å². The van der Waals surface area contributed by atoms with Gasteiger partial charge in [0.25, 0.3) is 10.0 Å². The number of nitrogens with zero attached hydrogens (tertiary/aromatic N) is 2. The van der Waals surface area contributed by atoms with Gasteiger partial charge in [-0.1, -0.05) is 83.9 Å². The molecule has 0 bridgehead atoms. The van der Waals surface area contributed by atoms with Crippen LogP contribution in [0.5, 0.6) is 0 Å². The van der Waals surface area contributed by atoms with Crippen molar-refractivity contribution in [2.24, 2.45) is 0 Å². The molecule has 4 aromatic carbocycles. The summed E-state index contributed by atoms with van der Waals surface area (Å²) in [5.41, 5.74) is 2.03. The first kappa shape index (κ1) is 34.0. The van der Waals surface area contributed by atoms with Crippen molar-refractivity contribution >= 4 is 50.7 Å². The summed E-state index contributed by atoms with van der Waals surface area (Å²) in [7, 11) is -4.22. The van der Waals surface area contributed by atoms with Crippen LogP contribution in [0.3, 0.4) is 0 Å². The van der Waals surface area contributed by atoms with Crippen molar-refractivity contribution < 1.29 is 18.0 Å². The Morgan fingerprint density at radius 1 is 0.778 bits per heavy atom. The smallest absolute Gasteiger partial charge is 0.264 e. The average molecular weight is 667 g/mol. The normalized spacial score (nSPS) is 12.3. The Balaban J connectivity index is 1.82. The second-order valence-electron chi connectivity index (χ2n) is 11.8. The molecule has 236 valence electrons. The fourth-order valence-electron chi connectivity index (χ4n) is 4.88. The molecule has 7 nitrogen and oxygen atoms in total. The number of carbonyl (C=O) groups excluding carboxylic acids is 2. The van der Waals surface area contributed by atoms with Gasteiger partial charge in [0.05, 0.1) is 10.6 Å². The molecular formula is C35H37Cl2N3O4S. The largest absolute Gasteiger partial charge is 0.350 e. The van der Waals surface area contributed by atoms with E-state index in [9.17, 15) is 18.0 Å². The average Bonchev–Trinajstić information content (AvgIpc) is 2.99. The number of amides is 2. The molecule has 0 saturated heterocycles. The van der Waals surface area contributed by atoms with Crippen molar-refractivity contribution in [2.45, 2.75) is 57.1 Å². The molecule has 1 N–H and O–H groups in total. The number of anilines is 1. The van der Waals surface area contributed by atoms with E-state index in [1.807, 2.05) is 51.1 Å². The van der Waals surface area contributed by atoms with E-state index in [0.29, 0.717) is 21.3 Å². The third-order valence-corrected chi connectivity index (χ3v) is 9.38. The lowest BCUT2D eigenvalue weighted by Crippen LogP contribution is -2.56. The van der Waals surface area contributed by atoms with Crippen LogP contribution in [-0.2, 0) is 32.6 Å². The second-order valence-corrected chi connectivity index (χ2v) is 14.6. The SMILES string of the molecule is Cc1ccccc1N(CC(=O)N(Cc1ccc(Cl)cc1)[C@H](Cc1ccccc1)C(=O)NC(C)(C)C)S(=O)(=O)c1ccc(Cl)cc1. The molecule has 0 aliphatic carbocycles. The molecule has 0 heterocycles. The zero-order valence-corrected chi connectivity index (χ0v) is 28.0. The molecule has 0 fully saturated rings. The fourth-order valence-corrected chi connectivity index (χ4v) is 6.61. The summed E-state index contributed by atoms with van der Waals surface area (Å²) < 4.78 is 29.4. The number of sulfonamides is 1. The first-order valence-corrected chi connectivity index (χ1v) is 16.7. The summed E-state index contributed by atoms with van der Waals surface area (Å²) in [5.74, 6) is -0.896. The highest BCUT2D eigenvalue weighted by Crippen LogP contribution is 2.28. The molecule has 0 aromatic heterocycles. The summed E-state index contributed by atoms with van der Waals surface area (Å²) in [6.07, 6.45) is 0.219. The van der Waals surface area contributed by atoms with E-state index in [0.717, 1.165) is 15.4 Å². The molecule has 10 heteroatoms. The van der Waals surface area contributed by atoms with E-state index in [4.69, 9.17) is 23.2 Å². The maximum atomic E-state index is 14.5. The number of aryl methyl sites for hydroxylation is 1. The van der Waals surface area contributed by atoms with Crippen molar-refractivity contribution in [3.05, 3.63) is 130 Å². The Morgan fingerprint density at radius 2 is 1.33 bits per heavy atom. The van der Waals surface area contributed by atoms with E-state index >= 15 is 0 Å². The van der Waals surface area contributed by atoms with E-state index in [-0.39, 0.29) is 23.8 Å². The van der Waals surface area contributed by atoms with Gasteiger partial charge in [0, 0.05) is 28.5 Å². The minimum absolute atomic E-state index is 0.0153. The molecular weight excluding hydrogens is 629 g/mol. The van der Waals surface area contributed by atoms with Crippen LogP contribution in [0.2, 0.25) is 10.0 Å². The fraction of sp³-hybridized carbons (Fsp3) is 0.257. The van der Waals surface area contributed by atoms with Crippen LogP contribution >= 0.6 is 23.2 Å². The number of para-hydroxylation sites is 1. The summed E-state index contributed by atoms with van der Waals surface area (Å²) in [6, 6.07) is 28.2. The highest BCUT2D eigenvalue weighted by Gasteiger charge is 2.36. The van der Waals surface area contributed by atoms with Gasteiger partial charge in [-0.25, -0.2) is 8.42 Å². The number of benzene rings is 4. The third kappa shape index (κ3) is 9.10. The Morgan fingerprint density at radius 3 is 1.91 bits per heavy atom. The van der Waals surface area contributed by atoms with Gasteiger partial charge < -0.3 is 10.2 Å². The van der Waals surface area contributed by atoms with Gasteiger partial charge in [0.2, 0.25) is 11.8 Å². The number of carbonyl (C=O) groups is 2. The number of rotatable bonds is 11. The number of hydrogen-bond acceptors (Lipinski definition) is 4. The van der Waals surface area contributed by atoms with Crippen molar-refractivity contribution in [1.29, 1.82) is 0 Å². The molecule has 0 aliphatic heterocycles. The zero-order valence-electron chi connectivity index (χ0n) is 25.7. The summed E-state index contributed by atoms with van der Waals surface area (Å²) >= 11 is 12.2. The quantitative estimate of drug-likeness (QED) is 0.186. The van der Waals surface area contributed by atoms with Crippen LogP contribution in [0.4, 0.5) is 5.69 Å². The molecule has 2 amide bonds. The molecule has 0 aliphatic rings. The van der Waals surface area contributed by atoms with Gasteiger partial charge >= 0.3 is 0 Å². The van der Waals surface area contributed by atoms with Crippen molar-refractivity contribution in [3.63, 3.8) is 0 Å². The number of hydrogen-bond donors (Lipinski definition) is 1. The molecule has 4 rings (SSSR count). The van der Waals surface area contributed by atoms with Crippen molar-refractivity contribution in [2.75, 3.05) is 10.8 Å². The Kier molecular flexibility index (Phi) is 11.0. The van der Waals surface area contributed by atoms with E-state index in [2.05, 4.69) is 5.32 Å². The Bertz CT molecular complexity index is 1720. The molecule has 0 spiro atoms. The summed E-state index contributed by atoms with van der Waals surface area (Å²) in [6.45, 7) is 6.90. The molecule has 4 aromatic rings. The minimum Gasteiger partial charge on any atom is -0.350 e. The molecule has 1 atom stereocenters. The van der Waals surface area contributed by atoms with Crippen LogP contribution < -0.4 is 9.62 Å². The van der Waals surface area contributed by atoms with E-state index in [1.165, 1.54) is 29.2 Å². The zero-order chi connectivity index (χ0) is 32.8. The Labute approximate surface area is 275 Å². The highest BCUT2D eigenvalue weighted by molar-refractivity contribution is 7.92. The third-order valence-electron chi connectivity index (χ3n) is 7.10. The standard InChI is InChI=1S/C35H37Cl2N3O4S/c1-25-10-8-9-13-31(25)40(45(43,44)30-20-18-29(37)19-21-30)24-33(41)39(23-27-14-16-28(36)17-15-27)32(34(42)38-35(2,3)4)22-26-11-6-5-7-12-26/h5-21,32H,22-24H2,1-4H3,(H,38,42)/t32-/m1/s1. The van der Waals surface area contributed by atoms with Crippen LogP contribution in [0.25, 0.3) is 0 Å². The number of halogens is 2. The maximum absolute atomic E-state index is 14.5. The van der Waals surface area contributed by atoms with Crippen LogP contribution in [-0.4, -0.2) is 43.3 Å². The van der Waals surface area contributed by atoms with Gasteiger partial charge in [0.1, 0.15) is 12.6 Å². The minimum atomic E-state index is -4.22. The predicted molar refractivity (Wildman–Crippen MR) is 181 cm³/mol. The van der Waals surface area contributed by atoms with Crippen LogP contribution in [0, 0.1) is 6.92 Å². The van der Waals surface area contributed by atoms with Gasteiger partial charge in [0.15, 0.2) is 0 Å². The van der Waals surface area contributed by atoms with Gasteiger partial charge in [-0.3, -0.25) is 13.9 Å². The monoisotopic (exact) mass is 665 g/mol. The second kappa shape index (κ2) is 14.5. The van der Waals surface area contributed by atoms with Gasteiger partial charge in [-0.05, 0) is 86.8 Å². The highest BCUT2D eigenvalue weighted by atomic mass is 35.5. The maximum Gasteiger partial charge on any atom is 0.264 e. The van der Waals surface area contributed by atoms with E-state index in [1.54, 1.807) is 55.5 Å². The summed E-state index contributed by atoms with van der Waals surface area (Å²) in [5, 5.41) is 3.94. The van der Waals surface area contributed by atoms with E-state index < -0.39 is 34.1 Å². The van der Waals surface area contributed by atoms with Crippen molar-refractivity contribution in [3.8, 4) is 0 Å². The first-order chi connectivity index (χ1) is 21.2.